The Morgan fingerprint density at radius 2 is 0.625 bits per heavy atom. The van der Waals surface area contributed by atoms with Crippen molar-refractivity contribution >= 4 is 38.9 Å². The molecule has 10 rings (SSSR count). The minimum absolute atomic E-state index is 1.09. The van der Waals surface area contributed by atoms with Gasteiger partial charge < -0.3 is 9.47 Å². The molecule has 0 N–H and O–H groups in total. The van der Waals surface area contributed by atoms with Gasteiger partial charge in [-0.25, -0.2) is 0 Å². The second-order valence-corrected chi connectivity index (χ2v) is 14.2. The van der Waals surface area contributed by atoms with E-state index in [1.165, 1.54) is 66.3 Å². The van der Waals surface area contributed by atoms with Crippen LogP contribution in [0.5, 0.6) is 0 Å². The first-order valence-electron chi connectivity index (χ1n) is 19.2. The number of benzene rings is 9. The molecule has 56 heavy (non-hydrogen) atoms. The third-order valence-corrected chi connectivity index (χ3v) is 10.8. The highest BCUT2D eigenvalue weighted by Crippen LogP contribution is 2.40. The summed E-state index contributed by atoms with van der Waals surface area (Å²) in [6.07, 6.45) is 0. The van der Waals surface area contributed by atoms with E-state index in [1.807, 2.05) is 0 Å². The molecular weight excluding hydrogens is 677 g/mol. The number of hydrogen-bond acceptors (Lipinski definition) is 1. The van der Waals surface area contributed by atoms with E-state index in [1.54, 1.807) is 0 Å². The number of hydrogen-bond donors (Lipinski definition) is 0. The van der Waals surface area contributed by atoms with Crippen molar-refractivity contribution in [2.24, 2.45) is 0 Å². The number of para-hydroxylation sites is 2. The Morgan fingerprint density at radius 1 is 0.250 bits per heavy atom. The van der Waals surface area contributed by atoms with Crippen molar-refractivity contribution in [1.82, 2.24) is 4.57 Å². The fraction of sp³-hybridized carbons (Fsp3) is 0. The van der Waals surface area contributed by atoms with E-state index in [9.17, 15) is 0 Å². The van der Waals surface area contributed by atoms with Crippen LogP contribution in [0.4, 0.5) is 17.1 Å². The minimum atomic E-state index is 1.09. The van der Waals surface area contributed by atoms with Crippen molar-refractivity contribution < 1.29 is 0 Å². The maximum Gasteiger partial charge on any atom is 0.0541 e. The molecule has 1 aromatic heterocycles. The fourth-order valence-electron chi connectivity index (χ4n) is 8.04. The van der Waals surface area contributed by atoms with Crippen LogP contribution in [0, 0.1) is 0 Å². The lowest BCUT2D eigenvalue weighted by atomic mass is 9.93. The standard InChI is InChI=1S/C54H38N2/c1-4-15-39(16-5-1)42-27-31-47(32-28-42)55(49-21-14-22-50(38-49)56-53-25-12-10-23-51(53)52-24-11-13-26-54(52)56)48-33-29-43(30-34-48)46-36-44(40-17-6-2-7-18-40)35-45(37-46)41-19-8-3-9-20-41/h1-38H. The molecule has 1 heterocycles. The Hall–Kier alpha value is -7.42. The van der Waals surface area contributed by atoms with Gasteiger partial charge in [0, 0.05) is 33.5 Å². The van der Waals surface area contributed by atoms with Crippen molar-refractivity contribution in [2.75, 3.05) is 4.90 Å². The van der Waals surface area contributed by atoms with E-state index < -0.39 is 0 Å². The Labute approximate surface area is 327 Å². The molecule has 10 aromatic rings. The smallest absolute Gasteiger partial charge is 0.0541 e. The van der Waals surface area contributed by atoms with Gasteiger partial charge in [0.1, 0.15) is 0 Å². The molecule has 2 heteroatoms. The lowest BCUT2D eigenvalue weighted by Crippen LogP contribution is -2.10. The van der Waals surface area contributed by atoms with Crippen molar-refractivity contribution in [3.63, 3.8) is 0 Å². The van der Waals surface area contributed by atoms with Crippen LogP contribution in [0.1, 0.15) is 0 Å². The van der Waals surface area contributed by atoms with Gasteiger partial charge in [-0.2, -0.15) is 0 Å². The maximum atomic E-state index is 2.39. The predicted molar refractivity (Wildman–Crippen MR) is 237 cm³/mol. The molecule has 0 radical (unpaired) electrons. The fourth-order valence-corrected chi connectivity index (χ4v) is 8.04. The molecule has 0 bridgehead atoms. The van der Waals surface area contributed by atoms with E-state index in [2.05, 4.69) is 240 Å². The molecule has 0 aliphatic carbocycles. The van der Waals surface area contributed by atoms with Gasteiger partial charge in [0.2, 0.25) is 0 Å². The molecule has 9 aromatic carbocycles. The molecule has 0 atom stereocenters. The van der Waals surface area contributed by atoms with Crippen LogP contribution in [0.25, 0.3) is 72.0 Å². The summed E-state index contributed by atoms with van der Waals surface area (Å²) in [5.74, 6) is 0. The molecule has 0 saturated heterocycles. The summed E-state index contributed by atoms with van der Waals surface area (Å²) >= 11 is 0. The second kappa shape index (κ2) is 14.4. The molecule has 0 aliphatic heterocycles. The summed E-state index contributed by atoms with van der Waals surface area (Å²) in [5.41, 5.74) is 16.3. The van der Waals surface area contributed by atoms with E-state index in [0.717, 1.165) is 22.7 Å². The van der Waals surface area contributed by atoms with Crippen molar-refractivity contribution in [3.8, 4) is 50.2 Å². The van der Waals surface area contributed by atoms with Crippen molar-refractivity contribution in [1.29, 1.82) is 0 Å². The number of fused-ring (bicyclic) bond motifs is 3. The van der Waals surface area contributed by atoms with Gasteiger partial charge >= 0.3 is 0 Å². The van der Waals surface area contributed by atoms with Gasteiger partial charge in [0.05, 0.1) is 11.0 Å². The lowest BCUT2D eigenvalue weighted by molar-refractivity contribution is 1.17. The highest BCUT2D eigenvalue weighted by molar-refractivity contribution is 6.09. The highest BCUT2D eigenvalue weighted by atomic mass is 15.1. The number of nitrogens with zero attached hydrogens (tertiary/aromatic N) is 2. The number of rotatable bonds is 8. The van der Waals surface area contributed by atoms with E-state index in [4.69, 9.17) is 0 Å². The number of anilines is 3. The van der Waals surface area contributed by atoms with E-state index in [-0.39, 0.29) is 0 Å². The van der Waals surface area contributed by atoms with Crippen LogP contribution < -0.4 is 4.90 Å². The molecule has 2 nitrogen and oxygen atoms in total. The SMILES string of the molecule is c1ccc(-c2ccc(N(c3ccc(-c4cc(-c5ccccc5)cc(-c5ccccc5)c4)cc3)c3cccc(-n4c5ccccc5c5ccccc54)c3)cc2)cc1. The van der Waals surface area contributed by atoms with Gasteiger partial charge in [-0.1, -0.05) is 158 Å². The zero-order chi connectivity index (χ0) is 37.3. The quantitative estimate of drug-likeness (QED) is 0.152. The summed E-state index contributed by atoms with van der Waals surface area (Å²) in [4.78, 5) is 2.37. The van der Waals surface area contributed by atoms with Crippen LogP contribution in [0.3, 0.4) is 0 Å². The molecule has 0 aliphatic rings. The zero-order valence-corrected chi connectivity index (χ0v) is 30.8. The van der Waals surface area contributed by atoms with Gasteiger partial charge in [-0.3, -0.25) is 0 Å². The summed E-state index contributed by atoms with van der Waals surface area (Å²) in [7, 11) is 0. The summed E-state index contributed by atoms with van der Waals surface area (Å²) in [5, 5.41) is 2.51. The van der Waals surface area contributed by atoms with Crippen LogP contribution >= 0.6 is 0 Å². The topological polar surface area (TPSA) is 8.17 Å². The summed E-state index contributed by atoms with van der Waals surface area (Å²) in [6, 6.07) is 83.1. The van der Waals surface area contributed by atoms with E-state index in [0.29, 0.717) is 0 Å². The van der Waals surface area contributed by atoms with Crippen LogP contribution in [0.15, 0.2) is 231 Å². The molecule has 0 saturated carbocycles. The third kappa shape index (κ3) is 6.24. The van der Waals surface area contributed by atoms with E-state index >= 15 is 0 Å². The maximum absolute atomic E-state index is 2.39. The average Bonchev–Trinajstić information content (AvgIpc) is 3.62. The first-order chi connectivity index (χ1) is 27.8. The van der Waals surface area contributed by atoms with Gasteiger partial charge in [-0.05, 0) is 117 Å². The first kappa shape index (κ1) is 33.2. The largest absolute Gasteiger partial charge is 0.310 e. The Bertz CT molecular complexity index is 2820. The normalized spacial score (nSPS) is 11.2. The third-order valence-electron chi connectivity index (χ3n) is 10.8. The van der Waals surface area contributed by atoms with Crippen LogP contribution in [0.2, 0.25) is 0 Å². The molecular formula is C54H38N2. The highest BCUT2D eigenvalue weighted by Gasteiger charge is 2.17. The van der Waals surface area contributed by atoms with Gasteiger partial charge in [0.15, 0.2) is 0 Å². The summed E-state index contributed by atoms with van der Waals surface area (Å²) < 4.78 is 2.39. The lowest BCUT2D eigenvalue weighted by Gasteiger charge is -2.26. The molecule has 0 spiro atoms. The van der Waals surface area contributed by atoms with Crippen LogP contribution in [-0.4, -0.2) is 4.57 Å². The van der Waals surface area contributed by atoms with Gasteiger partial charge in [0.25, 0.3) is 0 Å². The Balaban J connectivity index is 1.09. The van der Waals surface area contributed by atoms with Gasteiger partial charge in [-0.15, -0.1) is 0 Å². The average molecular weight is 715 g/mol. The predicted octanol–water partition coefficient (Wildman–Crippen LogP) is 14.9. The van der Waals surface area contributed by atoms with Crippen molar-refractivity contribution in [3.05, 3.63) is 231 Å². The second-order valence-electron chi connectivity index (χ2n) is 14.2. The molecule has 0 amide bonds. The summed E-state index contributed by atoms with van der Waals surface area (Å²) in [6.45, 7) is 0. The Kier molecular flexibility index (Phi) is 8.55. The van der Waals surface area contributed by atoms with Crippen LogP contribution in [-0.2, 0) is 0 Å². The van der Waals surface area contributed by atoms with Crippen molar-refractivity contribution in [2.45, 2.75) is 0 Å². The zero-order valence-electron chi connectivity index (χ0n) is 30.8. The minimum Gasteiger partial charge on any atom is -0.310 e. The molecule has 264 valence electrons. The monoisotopic (exact) mass is 714 g/mol. The first-order valence-corrected chi connectivity index (χ1v) is 19.2. The Morgan fingerprint density at radius 3 is 1.09 bits per heavy atom. The molecule has 0 unspecified atom stereocenters. The number of aromatic nitrogens is 1. The molecule has 0 fully saturated rings.